The zero-order chi connectivity index (χ0) is 41.0. The molecule has 5 heteroatoms. The standard InChI is InChI=1S/C57H36N4O/c1-4-12-37(13-5-1)39-20-26-42(27-21-39)55-58-56(43-28-22-40(23-29-43)38-14-6-2-7-15-38)60-57(59-55)44-30-24-41(25-31-44)45-32-33-53-49(34-45)50-35-52-48(36-54(50)62-53)47-18-10-11-19-51(47)61(52)46-16-8-3-9-17-46/h1-36H. The number of fused-ring (bicyclic) bond motifs is 6. The van der Waals surface area contributed by atoms with Gasteiger partial charge in [-0.15, -0.1) is 0 Å². The Labute approximate surface area is 357 Å². The molecule has 0 aliphatic heterocycles. The number of benzene rings is 9. The Morgan fingerprint density at radius 2 is 0.694 bits per heavy atom. The molecule has 12 aromatic rings. The van der Waals surface area contributed by atoms with E-state index < -0.39 is 0 Å². The molecule has 0 amide bonds. The SMILES string of the molecule is c1ccc(-c2ccc(-c3nc(-c4ccc(-c5ccccc5)cc4)nc(-c4ccc(-c5ccc6oc7cc8c9ccccc9n(-c9ccccc9)c8cc7c6c5)cc4)n3)cc2)cc1. The van der Waals surface area contributed by atoms with Crippen LogP contribution in [-0.2, 0) is 0 Å². The van der Waals surface area contributed by atoms with E-state index in [0.717, 1.165) is 72.1 Å². The lowest BCUT2D eigenvalue weighted by atomic mass is 10.0. The second-order valence-corrected chi connectivity index (χ2v) is 15.6. The van der Waals surface area contributed by atoms with Crippen molar-refractivity contribution in [1.29, 1.82) is 0 Å². The molecule has 3 heterocycles. The second-order valence-electron chi connectivity index (χ2n) is 15.6. The van der Waals surface area contributed by atoms with Gasteiger partial charge < -0.3 is 8.98 Å². The van der Waals surface area contributed by atoms with Gasteiger partial charge in [-0.25, -0.2) is 15.0 Å². The monoisotopic (exact) mass is 792 g/mol. The summed E-state index contributed by atoms with van der Waals surface area (Å²) in [7, 11) is 0. The molecule has 12 rings (SSSR count). The highest BCUT2D eigenvalue weighted by atomic mass is 16.3. The molecule has 0 saturated heterocycles. The van der Waals surface area contributed by atoms with Crippen LogP contribution in [0.25, 0.3) is 117 Å². The van der Waals surface area contributed by atoms with Gasteiger partial charge in [-0.05, 0) is 75.8 Å². The topological polar surface area (TPSA) is 56.7 Å². The van der Waals surface area contributed by atoms with Crippen LogP contribution in [0.3, 0.4) is 0 Å². The van der Waals surface area contributed by atoms with Crippen LogP contribution in [0.15, 0.2) is 223 Å². The quantitative estimate of drug-likeness (QED) is 0.161. The molecule has 62 heavy (non-hydrogen) atoms. The maximum atomic E-state index is 6.51. The van der Waals surface area contributed by atoms with Gasteiger partial charge in [0.1, 0.15) is 11.2 Å². The summed E-state index contributed by atoms with van der Waals surface area (Å²) in [5.74, 6) is 1.86. The van der Waals surface area contributed by atoms with Crippen molar-refractivity contribution in [3.8, 4) is 73.2 Å². The van der Waals surface area contributed by atoms with Crippen LogP contribution < -0.4 is 0 Å². The summed E-state index contributed by atoms with van der Waals surface area (Å²) >= 11 is 0. The van der Waals surface area contributed by atoms with Crippen LogP contribution in [0.2, 0.25) is 0 Å². The highest BCUT2D eigenvalue weighted by Gasteiger charge is 2.18. The largest absolute Gasteiger partial charge is 0.456 e. The lowest BCUT2D eigenvalue weighted by Gasteiger charge is -2.10. The fraction of sp³-hybridized carbons (Fsp3) is 0. The minimum atomic E-state index is 0.616. The summed E-state index contributed by atoms with van der Waals surface area (Å²) in [6.45, 7) is 0. The van der Waals surface area contributed by atoms with E-state index in [1.54, 1.807) is 0 Å². The first-order valence-corrected chi connectivity index (χ1v) is 20.8. The zero-order valence-corrected chi connectivity index (χ0v) is 33.5. The maximum absolute atomic E-state index is 6.51. The van der Waals surface area contributed by atoms with Gasteiger partial charge in [-0.2, -0.15) is 0 Å². The minimum Gasteiger partial charge on any atom is -0.456 e. The van der Waals surface area contributed by atoms with E-state index in [0.29, 0.717) is 17.5 Å². The summed E-state index contributed by atoms with van der Waals surface area (Å²) in [6.07, 6.45) is 0. The Balaban J connectivity index is 0.926. The highest BCUT2D eigenvalue weighted by Crippen LogP contribution is 2.40. The van der Waals surface area contributed by atoms with Crippen LogP contribution in [0, 0.1) is 0 Å². The van der Waals surface area contributed by atoms with E-state index in [9.17, 15) is 0 Å². The molecule has 9 aromatic carbocycles. The number of hydrogen-bond acceptors (Lipinski definition) is 4. The third-order valence-corrected chi connectivity index (χ3v) is 11.9. The average Bonchev–Trinajstić information content (AvgIpc) is 3.88. The minimum absolute atomic E-state index is 0.616. The predicted molar refractivity (Wildman–Crippen MR) is 254 cm³/mol. The summed E-state index contributed by atoms with van der Waals surface area (Å²) in [6, 6.07) is 76.3. The van der Waals surface area contributed by atoms with Gasteiger partial charge in [0.2, 0.25) is 0 Å². The van der Waals surface area contributed by atoms with Gasteiger partial charge in [-0.1, -0.05) is 176 Å². The first-order valence-electron chi connectivity index (χ1n) is 20.8. The van der Waals surface area contributed by atoms with Crippen LogP contribution >= 0.6 is 0 Å². The maximum Gasteiger partial charge on any atom is 0.164 e. The molecule has 3 aromatic heterocycles. The Kier molecular flexibility index (Phi) is 8.42. The van der Waals surface area contributed by atoms with E-state index in [-0.39, 0.29) is 0 Å². The molecule has 0 radical (unpaired) electrons. The lowest BCUT2D eigenvalue weighted by Crippen LogP contribution is -2.00. The number of para-hydroxylation sites is 2. The molecule has 0 spiro atoms. The number of nitrogens with zero attached hydrogens (tertiary/aromatic N) is 4. The molecule has 5 nitrogen and oxygen atoms in total. The average molecular weight is 793 g/mol. The number of aromatic nitrogens is 4. The lowest BCUT2D eigenvalue weighted by molar-refractivity contribution is 0.669. The molecule has 0 aliphatic rings. The van der Waals surface area contributed by atoms with Gasteiger partial charge in [0, 0.05) is 43.9 Å². The molecule has 0 fully saturated rings. The summed E-state index contributed by atoms with van der Waals surface area (Å²) < 4.78 is 8.86. The molecule has 290 valence electrons. The van der Waals surface area contributed by atoms with Crippen molar-refractivity contribution in [2.24, 2.45) is 0 Å². The van der Waals surface area contributed by atoms with Gasteiger partial charge in [0.05, 0.1) is 11.0 Å². The molecular weight excluding hydrogens is 757 g/mol. The molecule has 0 bridgehead atoms. The zero-order valence-electron chi connectivity index (χ0n) is 33.5. The molecule has 0 unspecified atom stereocenters. The van der Waals surface area contributed by atoms with Crippen molar-refractivity contribution in [3.05, 3.63) is 218 Å². The van der Waals surface area contributed by atoms with Crippen LogP contribution in [0.4, 0.5) is 0 Å². The van der Waals surface area contributed by atoms with Gasteiger partial charge in [-0.3, -0.25) is 0 Å². The van der Waals surface area contributed by atoms with E-state index in [1.807, 2.05) is 12.1 Å². The first-order chi connectivity index (χ1) is 30.7. The van der Waals surface area contributed by atoms with Crippen molar-refractivity contribution < 1.29 is 4.42 Å². The Morgan fingerprint density at radius 3 is 1.24 bits per heavy atom. The Morgan fingerprint density at radius 1 is 0.274 bits per heavy atom. The smallest absolute Gasteiger partial charge is 0.164 e. The van der Waals surface area contributed by atoms with Crippen LogP contribution in [-0.4, -0.2) is 19.5 Å². The fourth-order valence-corrected chi connectivity index (χ4v) is 8.73. The Bertz CT molecular complexity index is 3480. The van der Waals surface area contributed by atoms with Crippen molar-refractivity contribution in [1.82, 2.24) is 19.5 Å². The van der Waals surface area contributed by atoms with Crippen molar-refractivity contribution in [2.75, 3.05) is 0 Å². The predicted octanol–water partition coefficient (Wildman–Crippen LogP) is 14.9. The molecule has 0 saturated carbocycles. The normalized spacial score (nSPS) is 11.5. The van der Waals surface area contributed by atoms with Gasteiger partial charge >= 0.3 is 0 Å². The third-order valence-electron chi connectivity index (χ3n) is 11.9. The molecule has 0 aliphatic carbocycles. The van der Waals surface area contributed by atoms with E-state index >= 15 is 0 Å². The molecular formula is C57H36N4O. The number of hydrogen-bond donors (Lipinski definition) is 0. The Hall–Kier alpha value is -8.41. The van der Waals surface area contributed by atoms with Crippen molar-refractivity contribution >= 4 is 43.7 Å². The summed E-state index contributed by atoms with van der Waals surface area (Å²) in [5, 5.41) is 4.54. The first kappa shape index (κ1) is 35.5. The third kappa shape index (κ3) is 6.23. The van der Waals surface area contributed by atoms with E-state index in [2.05, 4.69) is 211 Å². The highest BCUT2D eigenvalue weighted by molar-refractivity contribution is 6.17. The summed E-state index contributed by atoms with van der Waals surface area (Å²) in [4.78, 5) is 15.2. The van der Waals surface area contributed by atoms with Crippen molar-refractivity contribution in [3.63, 3.8) is 0 Å². The fourth-order valence-electron chi connectivity index (χ4n) is 8.73. The van der Waals surface area contributed by atoms with E-state index in [4.69, 9.17) is 19.4 Å². The number of furan rings is 1. The molecule has 0 atom stereocenters. The van der Waals surface area contributed by atoms with Crippen LogP contribution in [0.1, 0.15) is 0 Å². The van der Waals surface area contributed by atoms with Crippen LogP contribution in [0.5, 0.6) is 0 Å². The van der Waals surface area contributed by atoms with Gasteiger partial charge in [0.25, 0.3) is 0 Å². The number of rotatable bonds is 7. The van der Waals surface area contributed by atoms with Crippen molar-refractivity contribution in [2.45, 2.75) is 0 Å². The molecule has 0 N–H and O–H groups in total. The van der Waals surface area contributed by atoms with Gasteiger partial charge in [0.15, 0.2) is 17.5 Å². The second kappa shape index (κ2) is 14.7. The van der Waals surface area contributed by atoms with E-state index in [1.165, 1.54) is 27.4 Å². The summed E-state index contributed by atoms with van der Waals surface area (Å²) in [5.41, 5.74) is 14.8.